The Morgan fingerprint density at radius 1 is 1.32 bits per heavy atom. The summed E-state index contributed by atoms with van der Waals surface area (Å²) in [6.07, 6.45) is 3.07. The minimum absolute atomic E-state index is 0.101. The Morgan fingerprint density at radius 2 is 2.11 bits per heavy atom. The van der Waals surface area contributed by atoms with Crippen LogP contribution < -0.4 is 5.69 Å². The molecule has 1 heterocycles. The molecule has 1 aromatic heterocycles. The van der Waals surface area contributed by atoms with Crippen LogP contribution in [0.15, 0.2) is 40.3 Å². The van der Waals surface area contributed by atoms with Crippen molar-refractivity contribution in [1.82, 2.24) is 14.8 Å². The number of aromatic nitrogens is 3. The van der Waals surface area contributed by atoms with Crippen molar-refractivity contribution < 1.29 is 0 Å². The summed E-state index contributed by atoms with van der Waals surface area (Å²) in [5.74, 6) is 0.931. The molecule has 2 aromatic rings. The Kier molecular flexibility index (Phi) is 5.27. The number of hydrogen-bond acceptors (Lipinski definition) is 3. The van der Waals surface area contributed by atoms with Gasteiger partial charge in [0.05, 0.1) is 0 Å². The lowest BCUT2D eigenvalue weighted by molar-refractivity contribution is 0.573. The van der Waals surface area contributed by atoms with E-state index in [4.69, 9.17) is 0 Å². The third-order valence-corrected chi connectivity index (χ3v) is 3.90. The van der Waals surface area contributed by atoms with Crippen LogP contribution in [0.2, 0.25) is 0 Å². The largest absolute Gasteiger partial charge is 0.343 e. The van der Waals surface area contributed by atoms with Crippen molar-refractivity contribution in [1.29, 1.82) is 0 Å². The van der Waals surface area contributed by atoms with Crippen molar-refractivity contribution in [2.75, 3.05) is 5.75 Å². The van der Waals surface area contributed by atoms with E-state index >= 15 is 0 Å². The van der Waals surface area contributed by atoms with Crippen molar-refractivity contribution in [3.05, 3.63) is 46.4 Å². The molecule has 19 heavy (non-hydrogen) atoms. The van der Waals surface area contributed by atoms with Crippen LogP contribution in [0.25, 0.3) is 0 Å². The van der Waals surface area contributed by atoms with Gasteiger partial charge in [0.2, 0.25) is 0 Å². The predicted molar refractivity (Wildman–Crippen MR) is 78.6 cm³/mol. The summed E-state index contributed by atoms with van der Waals surface area (Å²) >= 11 is 1.63. The van der Waals surface area contributed by atoms with Crippen molar-refractivity contribution >= 4 is 11.8 Å². The summed E-state index contributed by atoms with van der Waals surface area (Å²) in [7, 11) is 0. The molecule has 4 nitrogen and oxygen atoms in total. The molecular formula is C14H19N3OS. The second kappa shape index (κ2) is 7.19. The topological polar surface area (TPSA) is 50.7 Å². The van der Waals surface area contributed by atoms with Crippen LogP contribution in [-0.4, -0.2) is 20.5 Å². The predicted octanol–water partition coefficient (Wildman–Crippen LogP) is 2.71. The van der Waals surface area contributed by atoms with E-state index in [0.29, 0.717) is 0 Å². The average Bonchev–Trinajstić information content (AvgIpc) is 2.78. The highest BCUT2D eigenvalue weighted by Gasteiger charge is 2.07. The van der Waals surface area contributed by atoms with E-state index in [9.17, 15) is 4.79 Å². The first kappa shape index (κ1) is 13.9. The lowest BCUT2D eigenvalue weighted by Crippen LogP contribution is -2.17. The Hall–Kier alpha value is -1.49. The Bertz CT molecular complexity index is 547. The Morgan fingerprint density at radius 3 is 2.84 bits per heavy atom. The van der Waals surface area contributed by atoms with Gasteiger partial charge in [-0.05, 0) is 18.4 Å². The van der Waals surface area contributed by atoms with Crippen molar-refractivity contribution in [2.24, 2.45) is 0 Å². The van der Waals surface area contributed by atoms with Gasteiger partial charge in [-0.2, -0.15) is 0 Å². The van der Waals surface area contributed by atoms with Crippen LogP contribution in [0.4, 0.5) is 0 Å². The molecular weight excluding hydrogens is 258 g/mol. The van der Waals surface area contributed by atoms with Crippen LogP contribution in [0.5, 0.6) is 0 Å². The molecule has 0 bridgehead atoms. The number of aromatic amines is 1. The quantitative estimate of drug-likeness (QED) is 0.792. The number of thioether (sulfide) groups is 1. The minimum atomic E-state index is -0.101. The maximum absolute atomic E-state index is 11.6. The molecule has 0 unspecified atom stereocenters. The van der Waals surface area contributed by atoms with Gasteiger partial charge in [0.15, 0.2) is 5.16 Å². The van der Waals surface area contributed by atoms with Gasteiger partial charge in [0, 0.05) is 12.3 Å². The van der Waals surface area contributed by atoms with E-state index in [0.717, 1.165) is 36.7 Å². The number of aryl methyl sites for hydroxylation is 1. The molecule has 0 saturated heterocycles. The molecule has 0 aliphatic carbocycles. The molecule has 102 valence electrons. The molecule has 2 rings (SSSR count). The molecule has 0 fully saturated rings. The maximum atomic E-state index is 11.6. The van der Waals surface area contributed by atoms with E-state index in [1.54, 1.807) is 16.3 Å². The molecule has 1 N–H and O–H groups in total. The molecule has 0 saturated carbocycles. The fourth-order valence-corrected chi connectivity index (χ4v) is 2.79. The molecule has 0 atom stereocenters. The van der Waals surface area contributed by atoms with Crippen LogP contribution in [0, 0.1) is 0 Å². The van der Waals surface area contributed by atoms with Gasteiger partial charge in [-0.15, -0.1) is 5.10 Å². The van der Waals surface area contributed by atoms with Gasteiger partial charge in [0.25, 0.3) is 0 Å². The van der Waals surface area contributed by atoms with Crippen LogP contribution in [-0.2, 0) is 13.0 Å². The fourth-order valence-electron chi connectivity index (χ4n) is 1.83. The summed E-state index contributed by atoms with van der Waals surface area (Å²) in [5.41, 5.74) is 1.21. The van der Waals surface area contributed by atoms with Crippen LogP contribution >= 0.6 is 11.8 Å². The zero-order valence-electron chi connectivity index (χ0n) is 11.1. The molecule has 5 heteroatoms. The van der Waals surface area contributed by atoms with Crippen molar-refractivity contribution in [2.45, 2.75) is 37.9 Å². The number of H-pyrrole nitrogens is 1. The van der Waals surface area contributed by atoms with Gasteiger partial charge >= 0.3 is 5.69 Å². The normalized spacial score (nSPS) is 10.8. The lowest BCUT2D eigenvalue weighted by atomic mass is 10.2. The van der Waals surface area contributed by atoms with Gasteiger partial charge in [0.1, 0.15) is 0 Å². The highest BCUT2D eigenvalue weighted by molar-refractivity contribution is 7.99. The fraction of sp³-hybridized carbons (Fsp3) is 0.429. The maximum Gasteiger partial charge on any atom is 0.343 e. The monoisotopic (exact) mass is 277 g/mol. The molecule has 0 radical (unpaired) electrons. The van der Waals surface area contributed by atoms with Crippen LogP contribution in [0.1, 0.15) is 25.3 Å². The number of nitrogens with zero attached hydrogens (tertiary/aromatic N) is 2. The van der Waals surface area contributed by atoms with E-state index in [1.165, 1.54) is 5.56 Å². The van der Waals surface area contributed by atoms with E-state index in [-0.39, 0.29) is 5.69 Å². The number of benzene rings is 1. The molecule has 0 aliphatic rings. The first-order valence-corrected chi connectivity index (χ1v) is 7.61. The van der Waals surface area contributed by atoms with Gasteiger partial charge < -0.3 is 0 Å². The summed E-state index contributed by atoms with van der Waals surface area (Å²) in [5, 5.41) is 7.42. The van der Waals surface area contributed by atoms with Crippen molar-refractivity contribution in [3.63, 3.8) is 0 Å². The molecule has 0 spiro atoms. The van der Waals surface area contributed by atoms with Crippen molar-refractivity contribution in [3.8, 4) is 0 Å². The molecule has 0 aliphatic heterocycles. The smallest absolute Gasteiger partial charge is 0.270 e. The van der Waals surface area contributed by atoms with Gasteiger partial charge in [-0.3, -0.25) is 4.57 Å². The molecule has 1 aromatic carbocycles. The zero-order valence-corrected chi connectivity index (χ0v) is 11.9. The standard InChI is InChI=1S/C14H19N3OS/c1-2-3-10-17-13(18)15-16-14(17)19-11-9-12-7-5-4-6-8-12/h4-8H,2-3,9-11H2,1H3,(H,15,18). The SMILES string of the molecule is CCCCn1c(SCCc2ccccc2)n[nH]c1=O. The zero-order chi connectivity index (χ0) is 13.5. The first-order chi connectivity index (χ1) is 9.31. The third kappa shape index (κ3) is 3.99. The third-order valence-electron chi connectivity index (χ3n) is 2.92. The Balaban J connectivity index is 1.91. The van der Waals surface area contributed by atoms with E-state index < -0.39 is 0 Å². The van der Waals surface area contributed by atoms with Crippen LogP contribution in [0.3, 0.4) is 0 Å². The minimum Gasteiger partial charge on any atom is -0.270 e. The molecule has 0 amide bonds. The Labute approximate surface area is 117 Å². The van der Waals surface area contributed by atoms with E-state index in [2.05, 4.69) is 29.3 Å². The number of rotatable bonds is 7. The highest BCUT2D eigenvalue weighted by atomic mass is 32.2. The lowest BCUT2D eigenvalue weighted by Gasteiger charge is -2.04. The number of nitrogens with one attached hydrogen (secondary N) is 1. The summed E-state index contributed by atoms with van der Waals surface area (Å²) < 4.78 is 1.74. The summed E-state index contributed by atoms with van der Waals surface area (Å²) in [6, 6.07) is 10.4. The average molecular weight is 277 g/mol. The van der Waals surface area contributed by atoms with Gasteiger partial charge in [-0.1, -0.05) is 55.4 Å². The number of unbranched alkanes of at least 4 members (excludes halogenated alkanes) is 1. The summed E-state index contributed by atoms with van der Waals surface area (Å²) in [4.78, 5) is 11.6. The number of hydrogen-bond donors (Lipinski definition) is 1. The second-order valence-corrected chi connectivity index (χ2v) is 5.46. The van der Waals surface area contributed by atoms with E-state index in [1.807, 2.05) is 18.2 Å². The van der Waals surface area contributed by atoms with Gasteiger partial charge in [-0.25, -0.2) is 9.89 Å². The highest BCUT2D eigenvalue weighted by Crippen LogP contribution is 2.15. The first-order valence-electron chi connectivity index (χ1n) is 6.63. The summed E-state index contributed by atoms with van der Waals surface area (Å²) in [6.45, 7) is 2.87. The second-order valence-electron chi connectivity index (χ2n) is 4.40.